The van der Waals surface area contributed by atoms with E-state index in [0.717, 1.165) is 0 Å². The topological polar surface area (TPSA) is 387 Å². The van der Waals surface area contributed by atoms with Crippen LogP contribution in [0.5, 0.6) is 0 Å². The predicted octanol–water partition coefficient (Wildman–Crippen LogP) is 16.9. The minimum atomic E-state index is -0.758. The highest BCUT2D eigenvalue weighted by molar-refractivity contribution is 9.10. The number of nitrogens with zero attached hydrogens (tertiary/aromatic N) is 16. The van der Waals surface area contributed by atoms with Crippen molar-refractivity contribution in [3.63, 3.8) is 0 Å². The van der Waals surface area contributed by atoms with Crippen molar-refractivity contribution in [3.8, 4) is 23.3 Å². The minimum Gasteiger partial charge on any atom is -0.366 e. The van der Waals surface area contributed by atoms with Gasteiger partial charge in [-0.15, -0.1) is 0 Å². The summed E-state index contributed by atoms with van der Waals surface area (Å²) in [6.45, 7) is 39.2. The molecule has 0 aliphatic rings. The second-order valence-corrected chi connectivity index (χ2v) is 28.5. The molecular weight excluding hydrogens is 1760 g/mol. The Bertz CT molecular complexity index is 5990. The fourth-order valence-electron chi connectivity index (χ4n) is 10.9. The molecule has 40 heteroatoms. The monoisotopic (exact) mass is 1810 g/mol. The summed E-state index contributed by atoms with van der Waals surface area (Å²) in [5.41, 5.74) is 10.9. The summed E-state index contributed by atoms with van der Waals surface area (Å²) in [4.78, 5) is 131. The second-order valence-electron chi connectivity index (χ2n) is 24.4. The number of halogens is 8. The third kappa shape index (κ3) is 21.0. The Morgan fingerprint density at radius 2 is 0.641 bits per heavy atom. The van der Waals surface area contributed by atoms with E-state index in [9.17, 15) is 38.4 Å². The van der Waals surface area contributed by atoms with Crippen molar-refractivity contribution in [1.29, 1.82) is 0 Å². The minimum absolute atomic E-state index is 0.0420. The van der Waals surface area contributed by atoms with Crippen LogP contribution in [0.25, 0.3) is 42.7 Å². The Labute approximate surface area is 712 Å². The third-order valence-electron chi connectivity index (χ3n) is 16.0. The van der Waals surface area contributed by atoms with E-state index < -0.39 is 47.3 Å². The number of aromatic nitrogens is 12. The highest BCUT2D eigenvalue weighted by Crippen LogP contribution is 2.35. The normalized spacial score (nSPS) is 10.4. The lowest BCUT2D eigenvalue weighted by atomic mass is 10.0. The zero-order valence-electron chi connectivity index (χ0n) is 62.0. The van der Waals surface area contributed by atoms with Crippen molar-refractivity contribution in [2.75, 3.05) is 35.4 Å². The zero-order chi connectivity index (χ0) is 85.4. The standard InChI is InChI=1S/C21H18Cl2N6O2.C19H14BrClN6O2.C19H14Cl2N6O2.C18H12BrClN6O2/c1-11(2)26-20(30)14-9-13(24-4)8-12(3)18(14)27-21(31)16-10-17(23)28-29(16)19-15(22)6-5-7-25-19;1-10-7-11(22-2)8-12(18(28)23-3)16(10)25-19(29)14-9-15(20)26-27(14)17-13(21)5-4-6-24-17;1-10-7-11(22-2)8-12(18(28)23-3)16(10)25-19(29)14-9-15(21)26-27(14)17-13(20)5-4-6-24-17;1-9-6-10(22-2)7-11(16(21)27)15(9)24-18(28)13-8-14(19)25-26(13)17-12(20)4-3-5-23-17/h5-11H,1-3H3,(H,26,30)(H,27,31);2*4-9H,1,3H3,(H,23,28)(H,25,29);3-8H,1H3,(H2,21,27)(H,24,28). The van der Waals surface area contributed by atoms with Gasteiger partial charge in [0, 0.05) is 69.2 Å². The predicted molar refractivity (Wildman–Crippen MR) is 450 cm³/mol. The average molecular weight is 1820 g/mol. The highest BCUT2D eigenvalue weighted by Gasteiger charge is 2.28. The van der Waals surface area contributed by atoms with Gasteiger partial charge in [-0.05, 0) is 168 Å². The number of aryl methyl sites for hydroxylation is 4. The molecule has 0 saturated heterocycles. The van der Waals surface area contributed by atoms with Gasteiger partial charge in [0.25, 0.3) is 41.4 Å². The second kappa shape index (κ2) is 39.2. The summed E-state index contributed by atoms with van der Waals surface area (Å²) in [6, 6.07) is 30.7. The van der Waals surface area contributed by atoms with Crippen LogP contribution >= 0.6 is 101 Å². The molecule has 0 spiro atoms. The SMILES string of the molecule is [C-]#[N+]c1cc(C)c(NC(=O)c2cc(Br)nn2-c2ncccc2Cl)c(C(=O)NC)c1.[C-]#[N+]c1cc(C)c(NC(=O)c2cc(Br)nn2-c2ncccc2Cl)c(C(N)=O)c1.[C-]#[N+]c1cc(C)c(NC(=O)c2cc(Cl)nn2-c2ncccc2Cl)c(C(=O)NC(C)C)c1.[C-]#[N+]c1cc(C)c(NC(=O)c2cc(Cl)nn2-c2ncccc2Cl)c(C(=O)NC)c1. The van der Waals surface area contributed by atoms with E-state index in [0.29, 0.717) is 52.9 Å². The Balaban J connectivity index is 0.000000178. The fourth-order valence-corrected chi connectivity index (χ4v) is 12.8. The molecule has 9 N–H and O–H groups in total. The van der Waals surface area contributed by atoms with Crippen LogP contribution in [0.4, 0.5) is 45.5 Å². The van der Waals surface area contributed by atoms with Gasteiger partial charge in [-0.2, -0.15) is 20.4 Å². The number of carbonyl (C=O) groups excluding carboxylic acids is 8. The molecule has 12 aromatic rings. The van der Waals surface area contributed by atoms with E-state index in [1.54, 1.807) is 100 Å². The zero-order valence-corrected chi connectivity index (χ0v) is 69.7. The van der Waals surface area contributed by atoms with Crippen molar-refractivity contribution in [3.05, 3.63) is 299 Å². The van der Waals surface area contributed by atoms with E-state index in [-0.39, 0.29) is 129 Å². The van der Waals surface area contributed by atoms with Gasteiger partial charge < -0.3 is 43.0 Å². The molecule has 12 rings (SSSR count). The molecule has 117 heavy (non-hydrogen) atoms. The Hall–Kier alpha value is -13.3. The largest absolute Gasteiger partial charge is 0.366 e. The van der Waals surface area contributed by atoms with E-state index >= 15 is 0 Å². The summed E-state index contributed by atoms with van der Waals surface area (Å²) < 4.78 is 5.86. The van der Waals surface area contributed by atoms with Crippen LogP contribution < -0.4 is 43.0 Å². The Kier molecular flexibility index (Phi) is 29.4. The average Bonchev–Trinajstić information content (AvgIpc) is 1.75. The number of hydrogen-bond donors (Lipinski definition) is 8. The van der Waals surface area contributed by atoms with Crippen molar-refractivity contribution in [1.82, 2.24) is 75.0 Å². The first-order chi connectivity index (χ1) is 55.7. The van der Waals surface area contributed by atoms with Crippen LogP contribution in [0.3, 0.4) is 0 Å². The maximum Gasteiger partial charge on any atom is 0.274 e. The fraction of sp³-hybridized carbons (Fsp3) is 0.117. The highest BCUT2D eigenvalue weighted by atomic mass is 79.9. The van der Waals surface area contributed by atoms with Crippen LogP contribution in [0.2, 0.25) is 30.4 Å². The van der Waals surface area contributed by atoms with Crippen LogP contribution in [0.1, 0.15) is 119 Å². The van der Waals surface area contributed by atoms with Crippen LogP contribution in [-0.4, -0.2) is 126 Å². The summed E-state index contributed by atoms with van der Waals surface area (Å²) >= 11 is 43.3. The third-order valence-corrected chi connectivity index (χ3v) is 18.4. The first kappa shape index (κ1) is 87.7. The maximum atomic E-state index is 13.1. The van der Waals surface area contributed by atoms with Gasteiger partial charge in [-0.3, -0.25) is 38.4 Å². The quantitative estimate of drug-likeness (QED) is 0.0393. The molecule has 0 radical (unpaired) electrons. The number of hydrogen-bond acceptors (Lipinski definition) is 16. The molecule has 8 heterocycles. The summed E-state index contributed by atoms with van der Waals surface area (Å²) in [6.07, 6.45) is 6.09. The lowest BCUT2D eigenvalue weighted by Gasteiger charge is -2.16. The number of nitrogens with two attached hydrogens (primary N) is 1. The molecule has 0 fully saturated rings. The number of pyridine rings is 4. The number of anilines is 4. The lowest BCUT2D eigenvalue weighted by Crippen LogP contribution is -2.31. The molecule has 0 atom stereocenters. The maximum absolute atomic E-state index is 13.1. The van der Waals surface area contributed by atoms with Gasteiger partial charge in [0.15, 0.2) is 56.3 Å². The summed E-state index contributed by atoms with van der Waals surface area (Å²) in [5.74, 6) is -3.21. The van der Waals surface area contributed by atoms with Crippen molar-refractivity contribution in [2.24, 2.45) is 5.73 Å². The van der Waals surface area contributed by atoms with Crippen LogP contribution in [0, 0.1) is 54.0 Å². The lowest BCUT2D eigenvalue weighted by molar-refractivity contribution is 0.0938. The van der Waals surface area contributed by atoms with Gasteiger partial charge in [0.2, 0.25) is 5.91 Å². The summed E-state index contributed by atoms with van der Waals surface area (Å²) in [5, 5.41) is 36.7. The number of rotatable bonds is 17. The van der Waals surface area contributed by atoms with E-state index in [4.69, 9.17) is 102 Å². The number of carbonyl (C=O) groups is 8. The van der Waals surface area contributed by atoms with E-state index in [2.05, 4.69) is 129 Å². The summed E-state index contributed by atoms with van der Waals surface area (Å²) in [7, 11) is 2.94. The Morgan fingerprint density at radius 1 is 0.385 bits per heavy atom. The molecule has 0 saturated carbocycles. The van der Waals surface area contributed by atoms with Gasteiger partial charge in [0.05, 0.1) is 91.4 Å². The molecule has 32 nitrogen and oxygen atoms in total. The number of primary amides is 1. The van der Waals surface area contributed by atoms with Gasteiger partial charge in [-0.1, -0.05) is 93.9 Å². The molecule has 0 aliphatic heterocycles. The van der Waals surface area contributed by atoms with Crippen molar-refractivity contribution in [2.45, 2.75) is 47.6 Å². The van der Waals surface area contributed by atoms with E-state index in [1.807, 2.05) is 13.8 Å². The van der Waals surface area contributed by atoms with E-state index in [1.165, 1.54) is 106 Å². The van der Waals surface area contributed by atoms with Crippen molar-refractivity contribution >= 4 is 194 Å². The first-order valence-electron chi connectivity index (χ1n) is 33.6. The molecular formula is C77H58Br2Cl6N24O8. The van der Waals surface area contributed by atoms with Crippen LogP contribution in [0.15, 0.2) is 155 Å². The number of amides is 8. The molecule has 0 bridgehead atoms. The van der Waals surface area contributed by atoms with Gasteiger partial charge >= 0.3 is 0 Å². The molecule has 4 aromatic carbocycles. The first-order valence-corrected chi connectivity index (χ1v) is 37.4. The molecule has 590 valence electrons. The molecule has 0 aliphatic carbocycles. The Morgan fingerprint density at radius 3 is 0.897 bits per heavy atom. The molecule has 8 aromatic heterocycles. The number of nitrogens with one attached hydrogen (secondary N) is 7. The van der Waals surface area contributed by atoms with Crippen molar-refractivity contribution < 1.29 is 38.4 Å². The molecule has 0 unspecified atom stereocenters. The van der Waals surface area contributed by atoms with Crippen LogP contribution in [-0.2, 0) is 0 Å². The smallest absolute Gasteiger partial charge is 0.274 e. The van der Waals surface area contributed by atoms with Gasteiger partial charge in [0.1, 0.15) is 32.0 Å². The number of benzene rings is 4. The van der Waals surface area contributed by atoms with Gasteiger partial charge in [-0.25, -0.2) is 58.0 Å². The molecule has 8 amide bonds.